The van der Waals surface area contributed by atoms with E-state index in [0.717, 1.165) is 11.1 Å². The molecule has 0 unspecified atom stereocenters. The van der Waals surface area contributed by atoms with Crippen LogP contribution in [0.1, 0.15) is 60.4 Å². The van der Waals surface area contributed by atoms with E-state index in [4.69, 9.17) is 0 Å². The van der Waals surface area contributed by atoms with Gasteiger partial charge in [0.15, 0.2) is 0 Å². The molecule has 0 saturated heterocycles. The van der Waals surface area contributed by atoms with Gasteiger partial charge in [0, 0.05) is 30.3 Å². The van der Waals surface area contributed by atoms with Gasteiger partial charge in [0.2, 0.25) is 0 Å². The van der Waals surface area contributed by atoms with E-state index in [1.807, 2.05) is 22.7 Å². The van der Waals surface area contributed by atoms with Gasteiger partial charge in [-0.05, 0) is 84.7 Å². The van der Waals surface area contributed by atoms with Crippen LogP contribution in [0.4, 0.5) is 0 Å². The van der Waals surface area contributed by atoms with Crippen LogP contribution in [0, 0.1) is 23.7 Å². The van der Waals surface area contributed by atoms with Crippen LogP contribution in [-0.4, -0.2) is 0 Å². The minimum Gasteiger partial charge on any atom is -0.140 e. The van der Waals surface area contributed by atoms with Crippen LogP contribution in [-0.2, 0) is 12.8 Å². The molecule has 0 fully saturated rings. The van der Waals surface area contributed by atoms with Crippen LogP contribution in [0.5, 0.6) is 0 Å². The Morgan fingerprint density at radius 2 is 1.10 bits per heavy atom. The molecule has 0 aliphatic heterocycles. The molecule has 0 saturated carbocycles. The number of thiophene rings is 2. The van der Waals surface area contributed by atoms with Crippen LogP contribution in [0.2, 0.25) is 0 Å². The van der Waals surface area contributed by atoms with Gasteiger partial charge in [-0.3, -0.25) is 0 Å². The van der Waals surface area contributed by atoms with Gasteiger partial charge >= 0.3 is 0 Å². The smallest absolute Gasteiger partial charge is 0.0358 e. The first-order chi connectivity index (χ1) is 14.7. The molecular weight excluding hydrogens is 400 g/mol. The highest BCUT2D eigenvalue weighted by molar-refractivity contribution is 7.19. The van der Waals surface area contributed by atoms with Crippen molar-refractivity contribution in [3.8, 4) is 23.7 Å². The largest absolute Gasteiger partial charge is 0.140 e. The summed E-state index contributed by atoms with van der Waals surface area (Å²) in [6.45, 7) is 4.48. The average molecular weight is 427 g/mol. The standard InChI is InChI=1S/C28H26S2/c1-3-5-11-25-19-23-15-13-21(17-27(23)29-25)9-7-8-10-22-14-16-24-20-26(12-6-4-2)30-28(24)18-22/h13-20H,3-6,11-12H2,1-2H3. The number of aryl methyl sites for hydroxylation is 2. The zero-order chi connectivity index (χ0) is 20.8. The van der Waals surface area contributed by atoms with Crippen molar-refractivity contribution in [2.75, 3.05) is 0 Å². The average Bonchev–Trinajstić information content (AvgIpc) is 3.36. The van der Waals surface area contributed by atoms with Crippen molar-refractivity contribution >= 4 is 42.8 Å². The molecule has 0 aliphatic carbocycles. The molecule has 150 valence electrons. The number of rotatable bonds is 6. The normalized spacial score (nSPS) is 10.6. The van der Waals surface area contributed by atoms with Crippen molar-refractivity contribution in [3.63, 3.8) is 0 Å². The molecule has 0 nitrogen and oxygen atoms in total. The third-order valence-corrected chi connectivity index (χ3v) is 7.49. The summed E-state index contributed by atoms with van der Waals surface area (Å²) in [5.74, 6) is 12.5. The van der Waals surface area contributed by atoms with Gasteiger partial charge in [-0.2, -0.15) is 0 Å². The summed E-state index contributed by atoms with van der Waals surface area (Å²) < 4.78 is 2.64. The van der Waals surface area contributed by atoms with Crippen molar-refractivity contribution in [3.05, 3.63) is 69.4 Å². The molecule has 2 heterocycles. The fraction of sp³-hybridized carbons (Fsp3) is 0.286. The van der Waals surface area contributed by atoms with Crippen molar-refractivity contribution in [1.29, 1.82) is 0 Å². The molecule has 0 atom stereocenters. The Morgan fingerprint density at radius 1 is 0.633 bits per heavy atom. The molecule has 0 spiro atoms. The first kappa shape index (κ1) is 20.7. The highest BCUT2D eigenvalue weighted by Crippen LogP contribution is 2.28. The van der Waals surface area contributed by atoms with Crippen molar-refractivity contribution in [2.24, 2.45) is 0 Å². The summed E-state index contributed by atoms with van der Waals surface area (Å²) in [7, 11) is 0. The van der Waals surface area contributed by atoms with Gasteiger partial charge in [-0.25, -0.2) is 0 Å². The maximum atomic E-state index is 3.21. The van der Waals surface area contributed by atoms with Crippen LogP contribution >= 0.6 is 22.7 Å². The van der Waals surface area contributed by atoms with Gasteiger partial charge in [0.25, 0.3) is 0 Å². The Morgan fingerprint density at radius 3 is 1.53 bits per heavy atom. The Balaban J connectivity index is 1.47. The Bertz CT molecular complexity index is 1180. The van der Waals surface area contributed by atoms with E-state index in [0.29, 0.717) is 0 Å². The molecule has 0 radical (unpaired) electrons. The minimum atomic E-state index is 1.04. The number of hydrogen-bond acceptors (Lipinski definition) is 2. The monoisotopic (exact) mass is 426 g/mol. The van der Waals surface area contributed by atoms with Gasteiger partial charge in [-0.1, -0.05) is 50.7 Å². The number of hydrogen-bond donors (Lipinski definition) is 0. The second kappa shape index (κ2) is 9.99. The third kappa shape index (κ3) is 5.14. The van der Waals surface area contributed by atoms with Crippen molar-refractivity contribution < 1.29 is 0 Å². The van der Waals surface area contributed by atoms with Crippen molar-refractivity contribution in [1.82, 2.24) is 0 Å². The van der Waals surface area contributed by atoms with Crippen LogP contribution < -0.4 is 0 Å². The molecule has 4 aromatic rings. The van der Waals surface area contributed by atoms with Crippen LogP contribution in [0.15, 0.2) is 48.5 Å². The van der Waals surface area contributed by atoms with Gasteiger partial charge in [-0.15, -0.1) is 22.7 Å². The third-order valence-electron chi connectivity index (χ3n) is 5.17. The van der Waals surface area contributed by atoms with E-state index >= 15 is 0 Å². The molecule has 4 rings (SSSR count). The number of benzene rings is 2. The second-order valence-electron chi connectivity index (χ2n) is 7.64. The molecule has 2 heteroatoms. The van der Waals surface area contributed by atoms with E-state index in [1.54, 1.807) is 0 Å². The van der Waals surface area contributed by atoms with E-state index < -0.39 is 0 Å². The van der Waals surface area contributed by atoms with E-state index in [9.17, 15) is 0 Å². The Labute approximate surface area is 188 Å². The topological polar surface area (TPSA) is 0 Å². The summed E-state index contributed by atoms with van der Waals surface area (Å²) in [4.78, 5) is 2.94. The lowest BCUT2D eigenvalue weighted by atomic mass is 10.1. The summed E-state index contributed by atoms with van der Waals surface area (Å²) in [6.07, 6.45) is 7.35. The summed E-state index contributed by atoms with van der Waals surface area (Å²) in [5, 5.41) is 2.65. The summed E-state index contributed by atoms with van der Waals surface area (Å²) in [6, 6.07) is 17.6. The van der Waals surface area contributed by atoms with E-state index in [2.05, 4.69) is 86.1 Å². The van der Waals surface area contributed by atoms with E-state index in [-0.39, 0.29) is 0 Å². The first-order valence-corrected chi connectivity index (χ1v) is 12.5. The predicted octanol–water partition coefficient (Wildman–Crippen LogP) is 8.20. The lowest BCUT2D eigenvalue weighted by molar-refractivity contribution is 0.804. The SMILES string of the molecule is CCCCc1cc2ccc(C#CC#Cc3ccc4cc(CCCC)sc4c3)cc2s1. The Kier molecular flexibility index (Phi) is 6.91. The molecule has 0 amide bonds. The number of unbranched alkanes of at least 4 members (excludes halogenated alkanes) is 2. The van der Waals surface area contributed by atoms with Crippen LogP contribution in [0.25, 0.3) is 20.2 Å². The fourth-order valence-electron chi connectivity index (χ4n) is 3.48. The Hall–Kier alpha value is -2.52. The maximum Gasteiger partial charge on any atom is 0.0358 e. The number of fused-ring (bicyclic) bond motifs is 2. The maximum absolute atomic E-state index is 3.21. The second-order valence-corrected chi connectivity index (χ2v) is 9.97. The molecule has 30 heavy (non-hydrogen) atoms. The zero-order valence-electron chi connectivity index (χ0n) is 17.7. The molecule has 0 bridgehead atoms. The predicted molar refractivity (Wildman–Crippen MR) is 135 cm³/mol. The highest BCUT2D eigenvalue weighted by Gasteiger charge is 2.03. The molecule has 0 aliphatic rings. The van der Waals surface area contributed by atoms with Crippen molar-refractivity contribution in [2.45, 2.75) is 52.4 Å². The summed E-state index contributed by atoms with van der Waals surface area (Å²) in [5.41, 5.74) is 2.07. The molecular formula is C28H26S2. The highest BCUT2D eigenvalue weighted by atomic mass is 32.1. The zero-order valence-corrected chi connectivity index (χ0v) is 19.3. The lowest BCUT2D eigenvalue weighted by Gasteiger charge is -1.91. The fourth-order valence-corrected chi connectivity index (χ4v) is 5.77. The molecule has 2 aromatic carbocycles. The quantitative estimate of drug-likeness (QED) is 0.273. The van der Waals surface area contributed by atoms with Crippen LogP contribution in [0.3, 0.4) is 0 Å². The molecule has 0 N–H and O–H groups in total. The van der Waals surface area contributed by atoms with E-state index in [1.165, 1.54) is 68.5 Å². The summed E-state index contributed by atoms with van der Waals surface area (Å²) >= 11 is 3.79. The van der Waals surface area contributed by atoms with Gasteiger partial charge in [0.1, 0.15) is 0 Å². The lowest BCUT2D eigenvalue weighted by Crippen LogP contribution is -1.76. The van der Waals surface area contributed by atoms with Gasteiger partial charge < -0.3 is 0 Å². The first-order valence-electron chi connectivity index (χ1n) is 10.8. The molecule has 2 aromatic heterocycles. The van der Waals surface area contributed by atoms with Gasteiger partial charge in [0.05, 0.1) is 0 Å². The minimum absolute atomic E-state index is 1.04.